The van der Waals surface area contributed by atoms with Crippen molar-refractivity contribution in [3.8, 4) is 0 Å². The molecule has 228 valence electrons. The quantitative estimate of drug-likeness (QED) is 0.161. The van der Waals surface area contributed by atoms with Gasteiger partial charge in [0.25, 0.3) is 0 Å². The highest BCUT2D eigenvalue weighted by Gasteiger charge is 2.15. The topological polar surface area (TPSA) is 6.48 Å². The van der Waals surface area contributed by atoms with Crippen LogP contribution in [0, 0.1) is 41.5 Å². The van der Waals surface area contributed by atoms with Gasteiger partial charge in [0, 0.05) is 34.1 Å². The van der Waals surface area contributed by atoms with Crippen molar-refractivity contribution in [3.63, 3.8) is 0 Å². The molecule has 2 nitrogen and oxygen atoms in total. The van der Waals surface area contributed by atoms with Crippen molar-refractivity contribution in [1.29, 1.82) is 0 Å². The van der Waals surface area contributed by atoms with Crippen LogP contribution in [0.25, 0.3) is 12.2 Å². The van der Waals surface area contributed by atoms with Crippen molar-refractivity contribution in [3.05, 3.63) is 178 Å². The van der Waals surface area contributed by atoms with E-state index in [1.807, 2.05) is 0 Å². The smallest absolute Gasteiger partial charge is 0.0466 e. The number of hydrogen-bond donors (Lipinski definition) is 0. The molecule has 0 N–H and O–H groups in total. The third kappa shape index (κ3) is 7.14. The number of benzene rings is 6. The van der Waals surface area contributed by atoms with Crippen LogP contribution in [0.2, 0.25) is 0 Å². The molecule has 0 spiro atoms. The van der Waals surface area contributed by atoms with E-state index in [2.05, 4.69) is 197 Å². The molecular formula is C44H42N2. The van der Waals surface area contributed by atoms with Crippen LogP contribution in [0.3, 0.4) is 0 Å². The number of nitrogens with zero attached hydrogens (tertiary/aromatic N) is 2. The molecule has 0 radical (unpaired) electrons. The molecule has 0 aliphatic carbocycles. The SMILES string of the molecule is Cc1ccc(N(c2ccc(C=Cc3ccc(N(c4ccc(C)cc4)c4cc(C)cc(C)c4)cc3)cc2)c2cc(C)cc(C)c2)cc1. The summed E-state index contributed by atoms with van der Waals surface area (Å²) in [5, 5.41) is 0. The Morgan fingerprint density at radius 2 is 0.543 bits per heavy atom. The second kappa shape index (κ2) is 13.3. The van der Waals surface area contributed by atoms with Gasteiger partial charge < -0.3 is 9.80 Å². The molecule has 0 saturated carbocycles. The van der Waals surface area contributed by atoms with Gasteiger partial charge in [-0.05, 0) is 148 Å². The lowest BCUT2D eigenvalue weighted by atomic mass is 10.1. The predicted octanol–water partition coefficient (Wildman–Crippen LogP) is 12.6. The Hall–Kier alpha value is -5.34. The van der Waals surface area contributed by atoms with Gasteiger partial charge in [-0.2, -0.15) is 0 Å². The minimum Gasteiger partial charge on any atom is -0.310 e. The number of aryl methyl sites for hydroxylation is 6. The first-order valence-electron chi connectivity index (χ1n) is 16.0. The largest absolute Gasteiger partial charge is 0.310 e. The maximum Gasteiger partial charge on any atom is 0.0466 e. The van der Waals surface area contributed by atoms with E-state index in [1.54, 1.807) is 0 Å². The summed E-state index contributed by atoms with van der Waals surface area (Å²) in [5.41, 5.74) is 16.8. The highest BCUT2D eigenvalue weighted by molar-refractivity contribution is 5.80. The Kier molecular flexibility index (Phi) is 8.90. The van der Waals surface area contributed by atoms with Gasteiger partial charge in [0.1, 0.15) is 0 Å². The van der Waals surface area contributed by atoms with Crippen molar-refractivity contribution < 1.29 is 0 Å². The lowest BCUT2D eigenvalue weighted by Crippen LogP contribution is -2.10. The summed E-state index contributed by atoms with van der Waals surface area (Å²) < 4.78 is 0. The number of hydrogen-bond acceptors (Lipinski definition) is 2. The van der Waals surface area contributed by atoms with Crippen LogP contribution >= 0.6 is 0 Å². The van der Waals surface area contributed by atoms with Crippen molar-refractivity contribution in [2.45, 2.75) is 41.5 Å². The Bertz CT molecular complexity index is 1780. The predicted molar refractivity (Wildman–Crippen MR) is 200 cm³/mol. The van der Waals surface area contributed by atoms with Crippen LogP contribution in [0.4, 0.5) is 34.1 Å². The van der Waals surface area contributed by atoms with Gasteiger partial charge in [-0.15, -0.1) is 0 Å². The molecule has 6 aromatic rings. The zero-order valence-electron chi connectivity index (χ0n) is 27.8. The van der Waals surface area contributed by atoms with Crippen LogP contribution in [-0.2, 0) is 0 Å². The van der Waals surface area contributed by atoms with E-state index in [1.165, 1.54) is 44.8 Å². The summed E-state index contributed by atoms with van der Waals surface area (Å²) in [6.45, 7) is 12.9. The number of anilines is 6. The Morgan fingerprint density at radius 1 is 0.283 bits per heavy atom. The average Bonchev–Trinajstić information content (AvgIpc) is 3.02. The molecule has 0 amide bonds. The molecule has 0 heterocycles. The highest BCUT2D eigenvalue weighted by atomic mass is 15.1. The first kappa shape index (κ1) is 30.7. The molecule has 0 aliphatic heterocycles. The van der Waals surface area contributed by atoms with Crippen molar-refractivity contribution in [1.82, 2.24) is 0 Å². The second-order valence-electron chi connectivity index (χ2n) is 12.6. The molecule has 46 heavy (non-hydrogen) atoms. The van der Waals surface area contributed by atoms with Gasteiger partial charge in [0.05, 0.1) is 0 Å². The third-order valence-corrected chi connectivity index (χ3v) is 8.28. The molecule has 0 saturated heterocycles. The summed E-state index contributed by atoms with van der Waals surface area (Å²) in [5.74, 6) is 0. The molecule has 0 bridgehead atoms. The highest BCUT2D eigenvalue weighted by Crippen LogP contribution is 2.37. The van der Waals surface area contributed by atoms with E-state index in [0.717, 1.165) is 33.9 Å². The Morgan fingerprint density at radius 3 is 0.826 bits per heavy atom. The van der Waals surface area contributed by atoms with E-state index in [9.17, 15) is 0 Å². The maximum atomic E-state index is 2.33. The third-order valence-electron chi connectivity index (χ3n) is 8.28. The molecule has 0 unspecified atom stereocenters. The van der Waals surface area contributed by atoms with Gasteiger partial charge in [-0.25, -0.2) is 0 Å². The van der Waals surface area contributed by atoms with Gasteiger partial charge in [0.15, 0.2) is 0 Å². The Labute approximate surface area is 274 Å². The first-order valence-corrected chi connectivity index (χ1v) is 16.0. The lowest BCUT2D eigenvalue weighted by Gasteiger charge is -2.26. The van der Waals surface area contributed by atoms with Gasteiger partial charge in [-0.1, -0.05) is 83.9 Å². The molecule has 6 aromatic carbocycles. The standard InChI is InChI=1S/C44H42N2/c1-31-7-17-39(18-8-31)45(43-27-33(3)25-34(4)28-43)41-21-13-37(14-22-41)11-12-38-15-23-42(24-16-38)46(40-19-9-32(2)10-20-40)44-29-35(5)26-36(6)30-44/h7-30H,1-6H3. The van der Waals surface area contributed by atoms with E-state index in [4.69, 9.17) is 0 Å². The minimum absolute atomic E-state index is 1.14. The lowest BCUT2D eigenvalue weighted by molar-refractivity contribution is 1.25. The van der Waals surface area contributed by atoms with Crippen LogP contribution in [0.5, 0.6) is 0 Å². The van der Waals surface area contributed by atoms with Gasteiger partial charge in [-0.3, -0.25) is 0 Å². The normalized spacial score (nSPS) is 11.2. The fourth-order valence-electron chi connectivity index (χ4n) is 6.10. The molecule has 6 rings (SSSR count). The summed E-state index contributed by atoms with van der Waals surface area (Å²) in [6, 6.07) is 48.6. The molecule has 2 heteroatoms. The Balaban J connectivity index is 1.26. The molecule has 0 atom stereocenters. The zero-order valence-corrected chi connectivity index (χ0v) is 27.8. The average molecular weight is 599 g/mol. The van der Waals surface area contributed by atoms with E-state index < -0.39 is 0 Å². The van der Waals surface area contributed by atoms with Crippen LogP contribution < -0.4 is 9.80 Å². The van der Waals surface area contributed by atoms with E-state index >= 15 is 0 Å². The molecule has 0 fully saturated rings. The van der Waals surface area contributed by atoms with Crippen molar-refractivity contribution in [2.75, 3.05) is 9.80 Å². The molecule has 0 aliphatic rings. The summed E-state index contributed by atoms with van der Waals surface area (Å²) in [6.07, 6.45) is 4.38. The first-order chi connectivity index (χ1) is 22.2. The van der Waals surface area contributed by atoms with Crippen LogP contribution in [0.15, 0.2) is 133 Å². The number of rotatable bonds is 8. The monoisotopic (exact) mass is 598 g/mol. The zero-order chi connectivity index (χ0) is 32.2. The summed E-state index contributed by atoms with van der Waals surface area (Å²) >= 11 is 0. The summed E-state index contributed by atoms with van der Waals surface area (Å²) in [4.78, 5) is 4.67. The van der Waals surface area contributed by atoms with Crippen molar-refractivity contribution >= 4 is 46.3 Å². The van der Waals surface area contributed by atoms with Crippen molar-refractivity contribution in [2.24, 2.45) is 0 Å². The second-order valence-corrected chi connectivity index (χ2v) is 12.6. The van der Waals surface area contributed by atoms with Gasteiger partial charge in [0.2, 0.25) is 0 Å². The van der Waals surface area contributed by atoms with E-state index in [-0.39, 0.29) is 0 Å². The van der Waals surface area contributed by atoms with E-state index in [0.29, 0.717) is 0 Å². The minimum atomic E-state index is 1.14. The fraction of sp³-hybridized carbons (Fsp3) is 0.136. The van der Waals surface area contributed by atoms with Crippen LogP contribution in [-0.4, -0.2) is 0 Å². The van der Waals surface area contributed by atoms with Gasteiger partial charge >= 0.3 is 0 Å². The molecule has 0 aromatic heterocycles. The summed E-state index contributed by atoms with van der Waals surface area (Å²) in [7, 11) is 0. The molecular weight excluding hydrogens is 556 g/mol. The fourth-order valence-corrected chi connectivity index (χ4v) is 6.10. The van der Waals surface area contributed by atoms with Crippen LogP contribution in [0.1, 0.15) is 44.5 Å². The maximum absolute atomic E-state index is 2.33.